The zero-order valence-electron chi connectivity index (χ0n) is 9.54. The molecule has 0 amide bonds. The van der Waals surface area contributed by atoms with Gasteiger partial charge in [0.1, 0.15) is 5.82 Å². The van der Waals surface area contributed by atoms with Crippen molar-refractivity contribution in [3.8, 4) is 0 Å². The zero-order chi connectivity index (χ0) is 11.7. The lowest BCUT2D eigenvalue weighted by molar-refractivity contribution is 0.780. The molecule has 17 heavy (non-hydrogen) atoms. The largest absolute Gasteiger partial charge is 0.399 e. The van der Waals surface area contributed by atoms with Crippen LogP contribution in [0.1, 0.15) is 18.4 Å². The van der Waals surface area contributed by atoms with E-state index >= 15 is 0 Å². The molecule has 0 aliphatic heterocycles. The first kappa shape index (κ1) is 10.6. The van der Waals surface area contributed by atoms with E-state index in [1.165, 1.54) is 18.4 Å². The first-order chi connectivity index (χ1) is 8.33. The van der Waals surface area contributed by atoms with Crippen molar-refractivity contribution in [2.45, 2.75) is 25.4 Å². The summed E-state index contributed by atoms with van der Waals surface area (Å²) in [5.41, 5.74) is 7.96. The summed E-state index contributed by atoms with van der Waals surface area (Å²) in [4.78, 5) is 6.79. The van der Waals surface area contributed by atoms with Gasteiger partial charge in [0.05, 0.1) is 0 Å². The van der Waals surface area contributed by atoms with Crippen molar-refractivity contribution in [1.29, 1.82) is 0 Å². The predicted molar refractivity (Wildman–Crippen MR) is 72.2 cm³/mol. The molecule has 1 fully saturated rings. The fourth-order valence-electron chi connectivity index (χ4n) is 1.95. The number of pyridine rings is 1. The van der Waals surface area contributed by atoms with Gasteiger partial charge in [-0.1, -0.05) is 0 Å². The molecule has 2 aromatic heterocycles. The summed E-state index contributed by atoms with van der Waals surface area (Å²) in [7, 11) is 0. The third-order valence-corrected chi connectivity index (χ3v) is 3.72. The van der Waals surface area contributed by atoms with E-state index in [-0.39, 0.29) is 0 Å². The van der Waals surface area contributed by atoms with E-state index in [0.717, 1.165) is 18.1 Å². The van der Waals surface area contributed by atoms with Gasteiger partial charge < -0.3 is 10.6 Å². The molecule has 0 saturated heterocycles. The number of nitrogen functional groups attached to an aromatic ring is 1. The Labute approximate surface area is 105 Å². The van der Waals surface area contributed by atoms with Crippen molar-refractivity contribution in [1.82, 2.24) is 4.98 Å². The molecule has 0 aromatic carbocycles. The number of anilines is 2. The van der Waals surface area contributed by atoms with Crippen LogP contribution in [0.5, 0.6) is 0 Å². The second-order valence-corrected chi connectivity index (χ2v) is 5.22. The number of hydrogen-bond acceptors (Lipinski definition) is 4. The number of rotatable bonds is 4. The van der Waals surface area contributed by atoms with E-state index in [0.29, 0.717) is 6.04 Å². The average molecular weight is 245 g/mol. The van der Waals surface area contributed by atoms with E-state index < -0.39 is 0 Å². The first-order valence-corrected chi connectivity index (χ1v) is 6.76. The molecule has 3 rings (SSSR count). The van der Waals surface area contributed by atoms with Gasteiger partial charge in [-0.2, -0.15) is 11.3 Å². The maximum Gasteiger partial charge on any atom is 0.131 e. The standard InChI is InChI=1S/C13H15N3S/c14-11-3-5-15-13(7-11)16(12-1-2-12)8-10-4-6-17-9-10/h3-7,9,12H,1-2,8H2,(H2,14,15). The number of nitrogens with two attached hydrogens (primary N) is 1. The average Bonchev–Trinajstić information content (AvgIpc) is 3.03. The first-order valence-electron chi connectivity index (χ1n) is 5.82. The molecule has 88 valence electrons. The molecule has 2 aromatic rings. The molecular formula is C13H15N3S. The van der Waals surface area contributed by atoms with Crippen molar-refractivity contribution in [2.24, 2.45) is 0 Å². The topological polar surface area (TPSA) is 42.1 Å². The van der Waals surface area contributed by atoms with Gasteiger partial charge in [0.15, 0.2) is 0 Å². The van der Waals surface area contributed by atoms with Crippen molar-refractivity contribution in [2.75, 3.05) is 10.6 Å². The lowest BCUT2D eigenvalue weighted by Crippen LogP contribution is -2.25. The fraction of sp³-hybridized carbons (Fsp3) is 0.308. The highest BCUT2D eigenvalue weighted by atomic mass is 32.1. The van der Waals surface area contributed by atoms with Gasteiger partial charge in [-0.25, -0.2) is 4.98 Å². The van der Waals surface area contributed by atoms with Gasteiger partial charge in [-0.15, -0.1) is 0 Å². The highest BCUT2D eigenvalue weighted by Gasteiger charge is 2.30. The molecule has 1 saturated carbocycles. The Balaban J connectivity index is 1.85. The summed E-state index contributed by atoms with van der Waals surface area (Å²) < 4.78 is 0. The Morgan fingerprint density at radius 1 is 1.41 bits per heavy atom. The summed E-state index contributed by atoms with van der Waals surface area (Å²) in [6.07, 6.45) is 4.31. The van der Waals surface area contributed by atoms with Crippen LogP contribution >= 0.6 is 11.3 Å². The molecule has 0 radical (unpaired) electrons. The van der Waals surface area contributed by atoms with Gasteiger partial charge >= 0.3 is 0 Å². The Morgan fingerprint density at radius 3 is 2.94 bits per heavy atom. The molecule has 1 aliphatic carbocycles. The predicted octanol–water partition coefficient (Wildman–Crippen LogP) is 2.89. The smallest absolute Gasteiger partial charge is 0.131 e. The number of thiophene rings is 1. The van der Waals surface area contributed by atoms with Crippen molar-refractivity contribution in [3.63, 3.8) is 0 Å². The van der Waals surface area contributed by atoms with Gasteiger partial charge in [0, 0.05) is 30.5 Å². The summed E-state index contributed by atoms with van der Waals surface area (Å²) >= 11 is 1.74. The Morgan fingerprint density at radius 2 is 2.29 bits per heavy atom. The lowest BCUT2D eigenvalue weighted by Gasteiger charge is -2.23. The molecule has 3 nitrogen and oxygen atoms in total. The third-order valence-electron chi connectivity index (χ3n) is 2.98. The Kier molecular flexibility index (Phi) is 2.73. The molecule has 1 aliphatic rings. The van der Waals surface area contributed by atoms with Crippen molar-refractivity contribution >= 4 is 22.8 Å². The van der Waals surface area contributed by atoms with E-state index in [9.17, 15) is 0 Å². The van der Waals surface area contributed by atoms with Crippen LogP contribution in [0.25, 0.3) is 0 Å². The highest BCUT2D eigenvalue weighted by Crippen LogP contribution is 2.32. The van der Waals surface area contributed by atoms with Crippen LogP contribution in [-0.4, -0.2) is 11.0 Å². The van der Waals surface area contributed by atoms with Crippen LogP contribution in [0.15, 0.2) is 35.2 Å². The van der Waals surface area contributed by atoms with Crippen molar-refractivity contribution in [3.05, 3.63) is 40.7 Å². The Hall–Kier alpha value is -1.55. The minimum absolute atomic E-state index is 0.643. The number of hydrogen-bond donors (Lipinski definition) is 1. The second-order valence-electron chi connectivity index (χ2n) is 4.44. The summed E-state index contributed by atoms with van der Waals surface area (Å²) in [6, 6.07) is 6.61. The number of nitrogens with zero attached hydrogens (tertiary/aromatic N) is 2. The van der Waals surface area contributed by atoms with Crippen LogP contribution in [0.4, 0.5) is 11.5 Å². The minimum Gasteiger partial charge on any atom is -0.399 e. The molecule has 0 unspecified atom stereocenters. The van der Waals surface area contributed by atoms with Gasteiger partial charge in [0.2, 0.25) is 0 Å². The van der Waals surface area contributed by atoms with E-state index in [2.05, 4.69) is 26.7 Å². The summed E-state index contributed by atoms with van der Waals surface area (Å²) in [6.45, 7) is 0.935. The normalized spacial score (nSPS) is 14.8. The summed E-state index contributed by atoms with van der Waals surface area (Å²) in [5.74, 6) is 0.999. The minimum atomic E-state index is 0.643. The molecule has 0 bridgehead atoms. The third kappa shape index (κ3) is 2.42. The summed E-state index contributed by atoms with van der Waals surface area (Å²) in [5, 5.41) is 4.31. The van der Waals surface area contributed by atoms with Crippen LogP contribution in [0.3, 0.4) is 0 Å². The quantitative estimate of drug-likeness (QED) is 0.900. The SMILES string of the molecule is Nc1ccnc(N(Cc2ccsc2)C2CC2)c1. The van der Waals surface area contributed by atoms with Crippen LogP contribution < -0.4 is 10.6 Å². The second kappa shape index (κ2) is 4.37. The van der Waals surface area contributed by atoms with E-state index in [1.54, 1.807) is 17.5 Å². The lowest BCUT2D eigenvalue weighted by atomic mass is 10.3. The number of aromatic nitrogens is 1. The van der Waals surface area contributed by atoms with Crippen LogP contribution in [0.2, 0.25) is 0 Å². The maximum absolute atomic E-state index is 5.83. The molecule has 2 heterocycles. The van der Waals surface area contributed by atoms with E-state index in [4.69, 9.17) is 5.73 Å². The molecular weight excluding hydrogens is 230 g/mol. The fourth-order valence-corrected chi connectivity index (χ4v) is 2.61. The van der Waals surface area contributed by atoms with Crippen LogP contribution in [0, 0.1) is 0 Å². The van der Waals surface area contributed by atoms with E-state index in [1.807, 2.05) is 12.1 Å². The highest BCUT2D eigenvalue weighted by molar-refractivity contribution is 7.07. The zero-order valence-corrected chi connectivity index (χ0v) is 10.4. The molecule has 0 atom stereocenters. The van der Waals surface area contributed by atoms with Crippen molar-refractivity contribution < 1.29 is 0 Å². The molecule has 2 N–H and O–H groups in total. The maximum atomic E-state index is 5.83. The van der Waals surface area contributed by atoms with Gasteiger partial charge in [0.25, 0.3) is 0 Å². The monoisotopic (exact) mass is 245 g/mol. The molecule has 0 spiro atoms. The van der Waals surface area contributed by atoms with Gasteiger partial charge in [-0.3, -0.25) is 0 Å². The Bertz CT molecular complexity index is 491. The van der Waals surface area contributed by atoms with Crippen LogP contribution in [-0.2, 0) is 6.54 Å². The van der Waals surface area contributed by atoms with Gasteiger partial charge in [-0.05, 0) is 41.3 Å². The molecule has 4 heteroatoms.